The van der Waals surface area contributed by atoms with Crippen molar-refractivity contribution in [3.63, 3.8) is 0 Å². The Kier molecular flexibility index (Phi) is 6.85. The lowest BCUT2D eigenvalue weighted by atomic mass is 10.1. The van der Waals surface area contributed by atoms with Crippen molar-refractivity contribution in [3.05, 3.63) is 29.6 Å². The van der Waals surface area contributed by atoms with Gasteiger partial charge in [0.05, 0.1) is 5.69 Å². The van der Waals surface area contributed by atoms with Crippen LogP contribution in [-0.2, 0) is 6.54 Å². The predicted octanol–water partition coefficient (Wildman–Crippen LogP) is 3.81. The Balaban J connectivity index is 2.76. The summed E-state index contributed by atoms with van der Waals surface area (Å²) in [6, 6.07) is 5.34. The zero-order valence-corrected chi connectivity index (χ0v) is 12.7. The Morgan fingerprint density at radius 3 is 2.68 bits per heavy atom. The maximum absolute atomic E-state index is 14.0. The summed E-state index contributed by atoms with van der Waals surface area (Å²) in [7, 11) is 1.97. The van der Waals surface area contributed by atoms with Crippen LogP contribution in [0.15, 0.2) is 18.2 Å². The van der Waals surface area contributed by atoms with Crippen molar-refractivity contribution in [3.8, 4) is 0 Å². The quantitative estimate of drug-likeness (QED) is 0.769. The average Bonchev–Trinajstić information content (AvgIpc) is 2.35. The molecule has 0 aliphatic heterocycles. The number of nitrogens with zero attached hydrogens (tertiary/aromatic N) is 1. The van der Waals surface area contributed by atoms with Crippen LogP contribution in [0, 0.1) is 11.7 Å². The highest BCUT2D eigenvalue weighted by Crippen LogP contribution is 2.23. The Morgan fingerprint density at radius 2 is 2.05 bits per heavy atom. The molecule has 0 atom stereocenters. The average molecular weight is 266 g/mol. The van der Waals surface area contributed by atoms with E-state index in [0.29, 0.717) is 5.92 Å². The van der Waals surface area contributed by atoms with Gasteiger partial charge in [-0.3, -0.25) is 0 Å². The Morgan fingerprint density at radius 1 is 1.32 bits per heavy atom. The molecule has 0 saturated carbocycles. The zero-order valence-electron chi connectivity index (χ0n) is 12.7. The summed E-state index contributed by atoms with van der Waals surface area (Å²) in [6.07, 6.45) is 2.21. The maximum Gasteiger partial charge on any atom is 0.146 e. The molecule has 1 N–H and O–H groups in total. The van der Waals surface area contributed by atoms with Crippen LogP contribution in [0.25, 0.3) is 0 Å². The third-order valence-corrected chi connectivity index (χ3v) is 3.17. The molecule has 1 aromatic rings. The number of rotatable bonds is 8. The van der Waals surface area contributed by atoms with Crippen LogP contribution in [0.1, 0.15) is 39.2 Å². The molecule has 0 aliphatic carbocycles. The minimum Gasteiger partial charge on any atom is -0.372 e. The molecule has 2 nitrogen and oxygen atoms in total. The van der Waals surface area contributed by atoms with Crippen LogP contribution in [0.5, 0.6) is 0 Å². The fourth-order valence-electron chi connectivity index (χ4n) is 2.13. The van der Waals surface area contributed by atoms with Crippen LogP contribution in [0.4, 0.5) is 10.1 Å². The molecule has 108 valence electrons. The molecule has 0 aromatic heterocycles. The second kappa shape index (κ2) is 8.16. The van der Waals surface area contributed by atoms with E-state index in [1.54, 1.807) is 12.1 Å². The summed E-state index contributed by atoms with van der Waals surface area (Å²) in [5, 5.41) is 3.39. The van der Waals surface area contributed by atoms with Gasteiger partial charge in [-0.2, -0.15) is 0 Å². The molecule has 3 heteroatoms. The number of hydrogen-bond donors (Lipinski definition) is 1. The summed E-state index contributed by atoms with van der Waals surface area (Å²) in [5.41, 5.74) is 1.78. The van der Waals surface area contributed by atoms with E-state index in [1.807, 2.05) is 18.0 Å². The summed E-state index contributed by atoms with van der Waals surface area (Å²) in [6.45, 7) is 9.07. The van der Waals surface area contributed by atoms with E-state index in [-0.39, 0.29) is 5.82 Å². The summed E-state index contributed by atoms with van der Waals surface area (Å²) >= 11 is 0. The molecule has 0 aliphatic rings. The van der Waals surface area contributed by atoms with Gasteiger partial charge in [0.2, 0.25) is 0 Å². The first-order valence-electron chi connectivity index (χ1n) is 7.25. The van der Waals surface area contributed by atoms with E-state index < -0.39 is 0 Å². The van der Waals surface area contributed by atoms with Crippen LogP contribution >= 0.6 is 0 Å². The minimum absolute atomic E-state index is 0.123. The molecule has 0 fully saturated rings. The first-order valence-corrected chi connectivity index (χ1v) is 7.25. The molecule has 0 amide bonds. The number of hydrogen-bond acceptors (Lipinski definition) is 2. The summed E-state index contributed by atoms with van der Waals surface area (Å²) < 4.78 is 14.0. The molecule has 0 saturated heterocycles. The van der Waals surface area contributed by atoms with E-state index >= 15 is 0 Å². The van der Waals surface area contributed by atoms with Crippen molar-refractivity contribution < 1.29 is 4.39 Å². The largest absolute Gasteiger partial charge is 0.372 e. The van der Waals surface area contributed by atoms with E-state index in [1.165, 1.54) is 0 Å². The van der Waals surface area contributed by atoms with Crippen molar-refractivity contribution in [2.24, 2.45) is 5.92 Å². The van der Waals surface area contributed by atoms with Gasteiger partial charge in [-0.15, -0.1) is 0 Å². The molecule has 19 heavy (non-hydrogen) atoms. The molecule has 0 heterocycles. The highest BCUT2D eigenvalue weighted by molar-refractivity contribution is 5.54. The lowest BCUT2D eigenvalue weighted by molar-refractivity contribution is 0.549. The normalized spacial score (nSPS) is 11.1. The summed E-state index contributed by atoms with van der Waals surface area (Å²) in [4.78, 5) is 2.03. The van der Waals surface area contributed by atoms with Crippen molar-refractivity contribution in [1.82, 2.24) is 5.32 Å². The van der Waals surface area contributed by atoms with Crippen LogP contribution < -0.4 is 10.2 Å². The van der Waals surface area contributed by atoms with Gasteiger partial charge in [-0.25, -0.2) is 4.39 Å². The van der Waals surface area contributed by atoms with Crippen molar-refractivity contribution in [2.45, 2.75) is 40.2 Å². The maximum atomic E-state index is 14.0. The lowest BCUT2D eigenvalue weighted by Crippen LogP contribution is -2.24. The van der Waals surface area contributed by atoms with Crippen LogP contribution in [-0.4, -0.2) is 20.1 Å². The third-order valence-electron chi connectivity index (χ3n) is 3.17. The Labute approximate surface area is 117 Å². The lowest BCUT2D eigenvalue weighted by Gasteiger charge is -2.23. The molecule has 0 spiro atoms. The minimum atomic E-state index is -0.123. The number of halogens is 1. The first-order chi connectivity index (χ1) is 9.06. The smallest absolute Gasteiger partial charge is 0.146 e. The van der Waals surface area contributed by atoms with Gasteiger partial charge in [-0.05, 0) is 30.5 Å². The highest BCUT2D eigenvalue weighted by Gasteiger charge is 2.12. The molecular weight excluding hydrogens is 239 g/mol. The van der Waals surface area contributed by atoms with Crippen molar-refractivity contribution in [1.29, 1.82) is 0 Å². The third kappa shape index (κ3) is 5.19. The van der Waals surface area contributed by atoms with Crippen molar-refractivity contribution in [2.75, 3.05) is 25.0 Å². The van der Waals surface area contributed by atoms with Gasteiger partial charge in [0.25, 0.3) is 0 Å². The van der Waals surface area contributed by atoms with E-state index in [4.69, 9.17) is 0 Å². The standard InChI is InChI=1S/C16H27FN2/c1-5-6-10-19(4)16-14(8-7-9-15(16)17)12-18-11-13(2)3/h7-9,13,18H,5-6,10-12H2,1-4H3. The number of benzene rings is 1. The topological polar surface area (TPSA) is 15.3 Å². The van der Waals surface area contributed by atoms with Gasteiger partial charge in [0.15, 0.2) is 0 Å². The van der Waals surface area contributed by atoms with E-state index in [0.717, 1.165) is 43.7 Å². The summed E-state index contributed by atoms with van der Waals surface area (Å²) in [5.74, 6) is 0.484. The molecular formula is C16H27FN2. The molecule has 0 radical (unpaired) electrons. The van der Waals surface area contributed by atoms with Gasteiger partial charge in [0, 0.05) is 20.1 Å². The van der Waals surface area contributed by atoms with Crippen LogP contribution in [0.3, 0.4) is 0 Å². The van der Waals surface area contributed by atoms with Gasteiger partial charge in [-0.1, -0.05) is 39.3 Å². The first kappa shape index (κ1) is 16.0. The van der Waals surface area contributed by atoms with E-state index in [9.17, 15) is 4.39 Å². The Hall–Kier alpha value is -1.09. The predicted molar refractivity (Wildman–Crippen MR) is 81.1 cm³/mol. The van der Waals surface area contributed by atoms with Crippen LogP contribution in [0.2, 0.25) is 0 Å². The van der Waals surface area contributed by atoms with Crippen molar-refractivity contribution >= 4 is 5.69 Å². The van der Waals surface area contributed by atoms with Gasteiger partial charge < -0.3 is 10.2 Å². The highest BCUT2D eigenvalue weighted by atomic mass is 19.1. The monoisotopic (exact) mass is 266 g/mol. The molecule has 0 unspecified atom stereocenters. The zero-order chi connectivity index (χ0) is 14.3. The molecule has 1 aromatic carbocycles. The number of unbranched alkanes of at least 4 members (excludes halogenated alkanes) is 1. The SMILES string of the molecule is CCCCN(C)c1c(F)cccc1CNCC(C)C. The van der Waals surface area contributed by atoms with Gasteiger partial charge in [0.1, 0.15) is 5.82 Å². The Bertz CT molecular complexity index is 377. The number of para-hydroxylation sites is 1. The number of nitrogens with one attached hydrogen (secondary N) is 1. The fourth-order valence-corrected chi connectivity index (χ4v) is 2.13. The molecule has 1 rings (SSSR count). The van der Waals surface area contributed by atoms with E-state index in [2.05, 4.69) is 26.1 Å². The number of anilines is 1. The second-order valence-corrected chi connectivity index (χ2v) is 5.55. The fraction of sp³-hybridized carbons (Fsp3) is 0.625. The second-order valence-electron chi connectivity index (χ2n) is 5.55. The molecule has 0 bridgehead atoms. The van der Waals surface area contributed by atoms with Gasteiger partial charge >= 0.3 is 0 Å².